The second-order valence-corrected chi connectivity index (χ2v) is 4.64. The SMILES string of the molecule is CCC1(C)CN(C)CCN(C)C1. The highest BCUT2D eigenvalue weighted by Gasteiger charge is 2.28. The van der Waals surface area contributed by atoms with Crippen molar-refractivity contribution in [1.29, 1.82) is 0 Å². The number of nitrogens with zero attached hydrogens (tertiary/aromatic N) is 2. The molecule has 12 heavy (non-hydrogen) atoms. The van der Waals surface area contributed by atoms with E-state index in [1.807, 2.05) is 0 Å². The maximum atomic E-state index is 2.45. The first-order chi connectivity index (χ1) is 5.56. The lowest BCUT2D eigenvalue weighted by Gasteiger charge is -2.31. The van der Waals surface area contributed by atoms with Crippen molar-refractivity contribution in [2.45, 2.75) is 20.3 Å². The second kappa shape index (κ2) is 3.75. The lowest BCUT2D eigenvalue weighted by atomic mass is 9.87. The smallest absolute Gasteiger partial charge is 0.0106 e. The Labute approximate surface area is 76.5 Å². The number of hydrogen-bond acceptors (Lipinski definition) is 2. The van der Waals surface area contributed by atoms with Crippen LogP contribution >= 0.6 is 0 Å². The highest BCUT2D eigenvalue weighted by atomic mass is 15.2. The molecule has 1 aliphatic heterocycles. The van der Waals surface area contributed by atoms with Crippen molar-refractivity contribution in [3.63, 3.8) is 0 Å². The van der Waals surface area contributed by atoms with E-state index >= 15 is 0 Å². The van der Waals surface area contributed by atoms with Gasteiger partial charge in [-0.15, -0.1) is 0 Å². The van der Waals surface area contributed by atoms with Crippen LogP contribution in [0.15, 0.2) is 0 Å². The van der Waals surface area contributed by atoms with Crippen LogP contribution in [0.25, 0.3) is 0 Å². The molecule has 0 unspecified atom stereocenters. The summed E-state index contributed by atoms with van der Waals surface area (Å²) in [7, 11) is 4.46. The monoisotopic (exact) mass is 170 g/mol. The van der Waals surface area contributed by atoms with Gasteiger partial charge in [0.1, 0.15) is 0 Å². The van der Waals surface area contributed by atoms with Gasteiger partial charge in [0, 0.05) is 26.2 Å². The van der Waals surface area contributed by atoms with Gasteiger partial charge in [-0.2, -0.15) is 0 Å². The van der Waals surface area contributed by atoms with Crippen LogP contribution in [0.2, 0.25) is 0 Å². The predicted molar refractivity (Wildman–Crippen MR) is 53.4 cm³/mol. The summed E-state index contributed by atoms with van der Waals surface area (Å²) < 4.78 is 0. The first-order valence-corrected chi connectivity index (χ1v) is 4.93. The molecule has 1 saturated heterocycles. The fourth-order valence-corrected chi connectivity index (χ4v) is 2.08. The van der Waals surface area contributed by atoms with Gasteiger partial charge >= 0.3 is 0 Å². The van der Waals surface area contributed by atoms with Crippen LogP contribution in [0.5, 0.6) is 0 Å². The zero-order chi connectivity index (χ0) is 9.19. The van der Waals surface area contributed by atoms with Crippen LogP contribution in [-0.4, -0.2) is 50.1 Å². The maximum absolute atomic E-state index is 2.45. The molecule has 0 N–H and O–H groups in total. The molecule has 0 saturated carbocycles. The van der Waals surface area contributed by atoms with Crippen molar-refractivity contribution >= 4 is 0 Å². The van der Waals surface area contributed by atoms with Crippen molar-refractivity contribution in [2.75, 3.05) is 40.3 Å². The fourth-order valence-electron chi connectivity index (χ4n) is 2.08. The van der Waals surface area contributed by atoms with Crippen molar-refractivity contribution < 1.29 is 0 Å². The number of hydrogen-bond donors (Lipinski definition) is 0. The van der Waals surface area contributed by atoms with Gasteiger partial charge in [-0.25, -0.2) is 0 Å². The van der Waals surface area contributed by atoms with E-state index in [2.05, 4.69) is 37.7 Å². The molecule has 1 aliphatic rings. The molecule has 0 radical (unpaired) electrons. The Kier molecular flexibility index (Phi) is 3.13. The van der Waals surface area contributed by atoms with Crippen LogP contribution in [-0.2, 0) is 0 Å². The van der Waals surface area contributed by atoms with Gasteiger partial charge in [0.05, 0.1) is 0 Å². The van der Waals surface area contributed by atoms with Gasteiger partial charge in [0.25, 0.3) is 0 Å². The van der Waals surface area contributed by atoms with E-state index < -0.39 is 0 Å². The van der Waals surface area contributed by atoms with Crippen molar-refractivity contribution in [3.8, 4) is 0 Å². The Bertz CT molecular complexity index is 133. The molecule has 0 atom stereocenters. The van der Waals surface area contributed by atoms with Gasteiger partial charge in [0.2, 0.25) is 0 Å². The molecule has 0 amide bonds. The summed E-state index contributed by atoms with van der Waals surface area (Å²) in [6.07, 6.45) is 1.28. The van der Waals surface area contributed by atoms with Crippen molar-refractivity contribution in [1.82, 2.24) is 9.80 Å². The molecular formula is C10H22N2. The zero-order valence-electron chi connectivity index (χ0n) is 8.93. The Morgan fingerprint density at radius 1 is 1.08 bits per heavy atom. The molecule has 1 fully saturated rings. The van der Waals surface area contributed by atoms with Gasteiger partial charge in [-0.3, -0.25) is 0 Å². The van der Waals surface area contributed by atoms with E-state index in [0.717, 1.165) is 0 Å². The quantitative estimate of drug-likeness (QED) is 0.585. The summed E-state index contributed by atoms with van der Waals surface area (Å²) in [5.41, 5.74) is 0.500. The molecular weight excluding hydrogens is 148 g/mol. The Hall–Kier alpha value is -0.0800. The molecule has 72 valence electrons. The average molecular weight is 170 g/mol. The fraction of sp³-hybridized carbons (Fsp3) is 1.00. The highest BCUT2D eigenvalue weighted by Crippen LogP contribution is 2.24. The number of likely N-dealkylation sites (N-methyl/N-ethyl adjacent to an activating group) is 2. The van der Waals surface area contributed by atoms with Gasteiger partial charge < -0.3 is 9.80 Å². The minimum Gasteiger partial charge on any atom is -0.305 e. The molecule has 2 nitrogen and oxygen atoms in total. The third kappa shape index (κ3) is 2.46. The summed E-state index contributed by atoms with van der Waals surface area (Å²) in [6, 6.07) is 0. The molecule has 0 aliphatic carbocycles. The van der Waals surface area contributed by atoms with Crippen molar-refractivity contribution in [3.05, 3.63) is 0 Å². The van der Waals surface area contributed by atoms with Gasteiger partial charge in [0.15, 0.2) is 0 Å². The van der Waals surface area contributed by atoms with Crippen molar-refractivity contribution in [2.24, 2.45) is 5.41 Å². The lowest BCUT2D eigenvalue weighted by Crippen LogP contribution is -2.35. The maximum Gasteiger partial charge on any atom is 0.0106 e. The largest absolute Gasteiger partial charge is 0.305 e. The molecule has 0 bridgehead atoms. The van der Waals surface area contributed by atoms with E-state index in [1.165, 1.54) is 32.6 Å². The Balaban J connectivity index is 2.61. The third-order valence-electron chi connectivity index (χ3n) is 3.02. The first kappa shape index (κ1) is 10.0. The molecule has 2 heteroatoms. The second-order valence-electron chi connectivity index (χ2n) is 4.64. The molecule has 1 rings (SSSR count). The van der Waals surface area contributed by atoms with E-state index in [0.29, 0.717) is 5.41 Å². The highest BCUT2D eigenvalue weighted by molar-refractivity contribution is 4.82. The van der Waals surface area contributed by atoms with Crippen LogP contribution in [0.1, 0.15) is 20.3 Å². The molecule has 0 aromatic carbocycles. The van der Waals surface area contributed by atoms with E-state index in [1.54, 1.807) is 0 Å². The molecule has 0 spiro atoms. The number of rotatable bonds is 1. The van der Waals surface area contributed by atoms with E-state index in [-0.39, 0.29) is 0 Å². The van der Waals surface area contributed by atoms with E-state index in [4.69, 9.17) is 0 Å². The summed E-state index contributed by atoms with van der Waals surface area (Å²) in [4.78, 5) is 4.90. The molecule has 0 aromatic rings. The van der Waals surface area contributed by atoms with Crippen LogP contribution in [0, 0.1) is 5.41 Å². The minimum absolute atomic E-state index is 0.500. The first-order valence-electron chi connectivity index (χ1n) is 4.93. The average Bonchev–Trinajstić information content (AvgIpc) is 2.11. The van der Waals surface area contributed by atoms with Gasteiger partial charge in [-0.05, 0) is 25.9 Å². The Morgan fingerprint density at radius 3 is 1.83 bits per heavy atom. The predicted octanol–water partition coefficient (Wildman–Crippen LogP) is 1.28. The van der Waals surface area contributed by atoms with Crippen LogP contribution in [0.3, 0.4) is 0 Å². The lowest BCUT2D eigenvalue weighted by molar-refractivity contribution is 0.186. The summed E-state index contributed by atoms with van der Waals surface area (Å²) in [6.45, 7) is 9.61. The van der Waals surface area contributed by atoms with Crippen LogP contribution in [0.4, 0.5) is 0 Å². The normalized spacial score (nSPS) is 27.0. The van der Waals surface area contributed by atoms with Crippen LogP contribution < -0.4 is 0 Å². The summed E-state index contributed by atoms with van der Waals surface area (Å²) in [5, 5.41) is 0. The van der Waals surface area contributed by atoms with E-state index in [9.17, 15) is 0 Å². The zero-order valence-corrected chi connectivity index (χ0v) is 8.93. The Morgan fingerprint density at radius 2 is 1.50 bits per heavy atom. The van der Waals surface area contributed by atoms with Gasteiger partial charge in [-0.1, -0.05) is 13.8 Å². The summed E-state index contributed by atoms with van der Waals surface area (Å²) in [5.74, 6) is 0. The standard InChI is InChI=1S/C10H22N2/c1-5-10(2)8-11(3)6-7-12(4)9-10/h5-9H2,1-4H3. The topological polar surface area (TPSA) is 6.48 Å². The third-order valence-corrected chi connectivity index (χ3v) is 3.02. The summed E-state index contributed by atoms with van der Waals surface area (Å²) >= 11 is 0. The molecule has 1 heterocycles. The minimum atomic E-state index is 0.500. The molecule has 0 aromatic heterocycles.